The SMILES string of the molecule is O=C1CC(NCCCO)CCCN1. The number of carbonyl (C=O) groups is 1. The smallest absolute Gasteiger partial charge is 0.221 e. The van der Waals surface area contributed by atoms with Crippen molar-refractivity contribution in [1.29, 1.82) is 0 Å². The standard InChI is InChI=1S/C9H18N2O2/c12-6-2-5-10-8-3-1-4-11-9(13)7-8/h8,10,12H,1-7H2,(H,11,13). The molecular weight excluding hydrogens is 168 g/mol. The second-order valence-electron chi connectivity index (χ2n) is 3.42. The number of hydrogen-bond acceptors (Lipinski definition) is 3. The van der Waals surface area contributed by atoms with Crippen LogP contribution in [0.4, 0.5) is 0 Å². The lowest BCUT2D eigenvalue weighted by atomic mass is 10.1. The van der Waals surface area contributed by atoms with Crippen LogP contribution >= 0.6 is 0 Å². The number of nitrogens with one attached hydrogen (secondary N) is 2. The van der Waals surface area contributed by atoms with Gasteiger partial charge < -0.3 is 15.7 Å². The topological polar surface area (TPSA) is 61.4 Å². The molecule has 0 bridgehead atoms. The Balaban J connectivity index is 2.19. The van der Waals surface area contributed by atoms with Gasteiger partial charge in [0.2, 0.25) is 5.91 Å². The molecule has 1 aliphatic rings. The number of aliphatic hydroxyl groups is 1. The Morgan fingerprint density at radius 2 is 2.46 bits per heavy atom. The molecule has 1 fully saturated rings. The van der Waals surface area contributed by atoms with Crippen LogP contribution in [0.1, 0.15) is 25.7 Å². The Hall–Kier alpha value is -0.610. The van der Waals surface area contributed by atoms with E-state index in [0.717, 1.165) is 32.4 Å². The van der Waals surface area contributed by atoms with Crippen LogP contribution in [0.25, 0.3) is 0 Å². The van der Waals surface area contributed by atoms with Crippen molar-refractivity contribution in [3.05, 3.63) is 0 Å². The molecule has 0 aliphatic carbocycles. The van der Waals surface area contributed by atoms with Gasteiger partial charge in [-0.15, -0.1) is 0 Å². The molecule has 76 valence electrons. The van der Waals surface area contributed by atoms with Gasteiger partial charge in [-0.25, -0.2) is 0 Å². The van der Waals surface area contributed by atoms with Crippen LogP contribution in [0.2, 0.25) is 0 Å². The molecule has 1 unspecified atom stereocenters. The van der Waals surface area contributed by atoms with Gasteiger partial charge in [-0.1, -0.05) is 0 Å². The molecule has 0 radical (unpaired) electrons. The predicted octanol–water partition coefficient (Wildman–Crippen LogP) is -0.373. The minimum atomic E-state index is 0.138. The number of rotatable bonds is 4. The zero-order valence-corrected chi connectivity index (χ0v) is 7.88. The van der Waals surface area contributed by atoms with Gasteiger partial charge >= 0.3 is 0 Å². The lowest BCUT2D eigenvalue weighted by Gasteiger charge is -2.14. The zero-order chi connectivity index (χ0) is 9.52. The third-order valence-corrected chi connectivity index (χ3v) is 2.25. The molecule has 4 heteroatoms. The van der Waals surface area contributed by atoms with Crippen LogP contribution in [-0.4, -0.2) is 36.8 Å². The molecule has 0 spiro atoms. The third-order valence-electron chi connectivity index (χ3n) is 2.25. The Bertz CT molecular complexity index is 162. The van der Waals surface area contributed by atoms with Gasteiger partial charge in [-0.2, -0.15) is 0 Å². The molecule has 1 atom stereocenters. The molecule has 4 nitrogen and oxygen atoms in total. The molecule has 1 rings (SSSR count). The van der Waals surface area contributed by atoms with E-state index in [1.165, 1.54) is 0 Å². The summed E-state index contributed by atoms with van der Waals surface area (Å²) in [6, 6.07) is 0.300. The van der Waals surface area contributed by atoms with E-state index in [1.54, 1.807) is 0 Å². The molecule has 1 amide bonds. The highest BCUT2D eigenvalue weighted by Gasteiger charge is 2.15. The molecule has 0 saturated carbocycles. The van der Waals surface area contributed by atoms with E-state index in [1.807, 2.05) is 0 Å². The van der Waals surface area contributed by atoms with Crippen LogP contribution in [-0.2, 0) is 4.79 Å². The van der Waals surface area contributed by atoms with Crippen LogP contribution in [0.3, 0.4) is 0 Å². The summed E-state index contributed by atoms with van der Waals surface area (Å²) in [5.41, 5.74) is 0. The van der Waals surface area contributed by atoms with Gasteiger partial charge in [0.25, 0.3) is 0 Å². The van der Waals surface area contributed by atoms with E-state index < -0.39 is 0 Å². The van der Waals surface area contributed by atoms with Crippen LogP contribution in [0, 0.1) is 0 Å². The monoisotopic (exact) mass is 186 g/mol. The van der Waals surface area contributed by atoms with Crippen molar-refractivity contribution in [3.63, 3.8) is 0 Å². The third kappa shape index (κ3) is 4.24. The number of carbonyl (C=O) groups excluding carboxylic acids is 1. The summed E-state index contributed by atoms with van der Waals surface area (Å²) in [5.74, 6) is 0.138. The first kappa shape index (κ1) is 10.5. The summed E-state index contributed by atoms with van der Waals surface area (Å²) < 4.78 is 0. The first-order chi connectivity index (χ1) is 6.33. The molecule has 1 heterocycles. The second kappa shape index (κ2) is 5.94. The van der Waals surface area contributed by atoms with Gasteiger partial charge in [0.15, 0.2) is 0 Å². The minimum Gasteiger partial charge on any atom is -0.396 e. The average molecular weight is 186 g/mol. The predicted molar refractivity (Wildman–Crippen MR) is 50.4 cm³/mol. The highest BCUT2D eigenvalue weighted by atomic mass is 16.3. The van der Waals surface area contributed by atoms with Gasteiger partial charge in [0.05, 0.1) is 0 Å². The fourth-order valence-corrected chi connectivity index (χ4v) is 1.53. The molecule has 0 aromatic carbocycles. The van der Waals surface area contributed by atoms with E-state index >= 15 is 0 Å². The fourth-order valence-electron chi connectivity index (χ4n) is 1.53. The van der Waals surface area contributed by atoms with Gasteiger partial charge in [-0.05, 0) is 25.8 Å². The summed E-state index contributed by atoms with van der Waals surface area (Å²) >= 11 is 0. The van der Waals surface area contributed by atoms with Gasteiger partial charge in [0, 0.05) is 25.6 Å². The maximum absolute atomic E-state index is 11.1. The maximum Gasteiger partial charge on any atom is 0.221 e. The van der Waals surface area contributed by atoms with Crippen molar-refractivity contribution >= 4 is 5.91 Å². The number of aliphatic hydroxyl groups excluding tert-OH is 1. The quantitative estimate of drug-likeness (QED) is 0.525. The van der Waals surface area contributed by atoms with Crippen molar-refractivity contribution in [3.8, 4) is 0 Å². The molecule has 0 aromatic rings. The maximum atomic E-state index is 11.1. The Morgan fingerprint density at radius 3 is 3.23 bits per heavy atom. The Kier molecular flexibility index (Phi) is 4.78. The number of amides is 1. The lowest BCUT2D eigenvalue weighted by Crippen LogP contribution is -2.33. The zero-order valence-electron chi connectivity index (χ0n) is 7.88. The van der Waals surface area contributed by atoms with Crippen molar-refractivity contribution in [2.75, 3.05) is 19.7 Å². The van der Waals surface area contributed by atoms with E-state index in [-0.39, 0.29) is 12.5 Å². The molecule has 3 N–H and O–H groups in total. The normalized spacial score (nSPS) is 23.8. The Labute approximate surface area is 78.7 Å². The first-order valence-electron chi connectivity index (χ1n) is 4.94. The van der Waals surface area contributed by atoms with Crippen molar-refractivity contribution in [2.24, 2.45) is 0 Å². The van der Waals surface area contributed by atoms with Crippen LogP contribution < -0.4 is 10.6 Å². The summed E-state index contributed by atoms with van der Waals surface area (Å²) in [5, 5.41) is 14.7. The fraction of sp³-hybridized carbons (Fsp3) is 0.889. The number of hydrogen-bond donors (Lipinski definition) is 3. The summed E-state index contributed by atoms with van der Waals surface area (Å²) in [6.07, 6.45) is 3.43. The summed E-state index contributed by atoms with van der Waals surface area (Å²) in [7, 11) is 0. The van der Waals surface area contributed by atoms with Crippen LogP contribution in [0.15, 0.2) is 0 Å². The van der Waals surface area contributed by atoms with Crippen molar-refractivity contribution in [1.82, 2.24) is 10.6 Å². The molecular formula is C9H18N2O2. The van der Waals surface area contributed by atoms with E-state index in [4.69, 9.17) is 5.11 Å². The van der Waals surface area contributed by atoms with Crippen molar-refractivity contribution in [2.45, 2.75) is 31.7 Å². The molecule has 0 aromatic heterocycles. The molecule has 1 aliphatic heterocycles. The first-order valence-corrected chi connectivity index (χ1v) is 4.94. The summed E-state index contributed by atoms with van der Waals surface area (Å²) in [6.45, 7) is 1.82. The van der Waals surface area contributed by atoms with E-state index in [0.29, 0.717) is 12.5 Å². The van der Waals surface area contributed by atoms with E-state index in [2.05, 4.69) is 10.6 Å². The highest BCUT2D eigenvalue weighted by molar-refractivity contribution is 5.76. The summed E-state index contributed by atoms with van der Waals surface area (Å²) in [4.78, 5) is 11.1. The highest BCUT2D eigenvalue weighted by Crippen LogP contribution is 2.05. The second-order valence-corrected chi connectivity index (χ2v) is 3.42. The van der Waals surface area contributed by atoms with Gasteiger partial charge in [-0.3, -0.25) is 4.79 Å². The molecule has 13 heavy (non-hydrogen) atoms. The van der Waals surface area contributed by atoms with Crippen molar-refractivity contribution < 1.29 is 9.90 Å². The lowest BCUT2D eigenvalue weighted by molar-refractivity contribution is -0.121. The van der Waals surface area contributed by atoms with Crippen LogP contribution in [0.5, 0.6) is 0 Å². The van der Waals surface area contributed by atoms with E-state index in [9.17, 15) is 4.79 Å². The largest absolute Gasteiger partial charge is 0.396 e. The van der Waals surface area contributed by atoms with Gasteiger partial charge in [0.1, 0.15) is 0 Å². The Morgan fingerprint density at radius 1 is 1.62 bits per heavy atom. The average Bonchev–Trinajstić information content (AvgIpc) is 2.31. The molecule has 1 saturated heterocycles. The minimum absolute atomic E-state index is 0.138.